The van der Waals surface area contributed by atoms with Crippen molar-refractivity contribution in [2.75, 3.05) is 18.4 Å². The average molecular weight is 327 g/mol. The normalized spacial score (nSPS) is 11.2. The molecule has 3 N–H and O–H groups in total. The summed E-state index contributed by atoms with van der Waals surface area (Å²) in [7, 11) is -3.59. The Kier molecular flexibility index (Phi) is 6.24. The second-order valence-electron chi connectivity index (χ2n) is 4.70. The van der Waals surface area contributed by atoms with Crippen LogP contribution in [-0.2, 0) is 10.2 Å². The van der Waals surface area contributed by atoms with Crippen molar-refractivity contribution in [1.82, 2.24) is 9.44 Å². The van der Waals surface area contributed by atoms with Crippen molar-refractivity contribution in [2.45, 2.75) is 19.9 Å². The predicted molar refractivity (Wildman–Crippen MR) is 81.5 cm³/mol. The molecule has 120 valence electrons. The molecule has 0 heterocycles. The third-order valence-corrected chi connectivity index (χ3v) is 3.81. The van der Waals surface area contributed by atoms with Gasteiger partial charge in [-0.15, -0.1) is 0 Å². The van der Waals surface area contributed by atoms with Crippen LogP contribution in [-0.4, -0.2) is 32.5 Å². The molecule has 9 nitrogen and oxygen atoms in total. The Balaban J connectivity index is 2.63. The summed E-state index contributed by atoms with van der Waals surface area (Å²) >= 11 is 0. The molecule has 10 heteroatoms. The Hall–Kier alpha value is -2.22. The molecule has 22 heavy (non-hydrogen) atoms. The molecule has 0 aliphatic carbocycles. The molecule has 0 aliphatic rings. The molecule has 0 aromatic heterocycles. The van der Waals surface area contributed by atoms with Gasteiger partial charge in [-0.1, -0.05) is 0 Å². The lowest BCUT2D eigenvalue weighted by atomic mass is 10.2. The third-order valence-electron chi connectivity index (χ3n) is 2.45. The first-order chi connectivity index (χ1) is 10.2. The van der Waals surface area contributed by atoms with Gasteiger partial charge in [0.1, 0.15) is 5.69 Å². The first-order valence-electron chi connectivity index (χ1n) is 6.44. The van der Waals surface area contributed by atoms with E-state index in [1.807, 2.05) is 6.07 Å². The van der Waals surface area contributed by atoms with Gasteiger partial charge >= 0.3 is 0 Å². The van der Waals surface area contributed by atoms with Crippen LogP contribution in [0.1, 0.15) is 19.4 Å². The molecule has 0 atom stereocenters. The van der Waals surface area contributed by atoms with Crippen LogP contribution in [0.3, 0.4) is 0 Å². The summed E-state index contributed by atoms with van der Waals surface area (Å²) < 4.78 is 27.7. The zero-order valence-electron chi connectivity index (χ0n) is 12.2. The number of hydrogen-bond acceptors (Lipinski definition) is 6. The Morgan fingerprint density at radius 1 is 1.36 bits per heavy atom. The second-order valence-corrected chi connectivity index (χ2v) is 6.23. The fraction of sp³-hybridized carbons (Fsp3) is 0.417. The summed E-state index contributed by atoms with van der Waals surface area (Å²) in [5.74, 6) is 0. The van der Waals surface area contributed by atoms with E-state index in [0.29, 0.717) is 0 Å². The maximum absolute atomic E-state index is 11.5. The van der Waals surface area contributed by atoms with Crippen molar-refractivity contribution in [2.24, 2.45) is 0 Å². The van der Waals surface area contributed by atoms with E-state index in [1.165, 1.54) is 12.1 Å². The smallest absolute Gasteiger partial charge is 0.293 e. The van der Waals surface area contributed by atoms with Crippen LogP contribution >= 0.6 is 0 Å². The molecule has 0 saturated heterocycles. The molecular weight excluding hydrogens is 310 g/mol. The molecule has 0 spiro atoms. The maximum Gasteiger partial charge on any atom is 0.293 e. The van der Waals surface area contributed by atoms with Gasteiger partial charge in [0, 0.05) is 25.2 Å². The topological polar surface area (TPSA) is 137 Å². The maximum atomic E-state index is 11.5. The van der Waals surface area contributed by atoms with Crippen LogP contribution in [0.4, 0.5) is 11.4 Å². The molecule has 0 amide bonds. The Morgan fingerprint density at radius 3 is 2.59 bits per heavy atom. The number of nitro groups is 1. The monoisotopic (exact) mass is 327 g/mol. The van der Waals surface area contributed by atoms with Crippen LogP contribution in [0.25, 0.3) is 0 Å². The van der Waals surface area contributed by atoms with Crippen molar-refractivity contribution in [1.29, 1.82) is 5.26 Å². The fourth-order valence-corrected chi connectivity index (χ4v) is 2.71. The van der Waals surface area contributed by atoms with Crippen molar-refractivity contribution in [3.8, 4) is 6.07 Å². The highest BCUT2D eigenvalue weighted by Gasteiger charge is 2.15. The van der Waals surface area contributed by atoms with E-state index in [-0.39, 0.29) is 36.1 Å². The zero-order valence-corrected chi connectivity index (χ0v) is 13.0. The zero-order chi connectivity index (χ0) is 16.8. The van der Waals surface area contributed by atoms with Gasteiger partial charge in [0.15, 0.2) is 0 Å². The molecule has 1 rings (SSSR count). The van der Waals surface area contributed by atoms with Crippen LogP contribution in [0.2, 0.25) is 0 Å². The van der Waals surface area contributed by atoms with Crippen molar-refractivity contribution in [3.63, 3.8) is 0 Å². The number of benzene rings is 1. The summed E-state index contributed by atoms with van der Waals surface area (Å²) in [4.78, 5) is 10.3. The minimum atomic E-state index is -3.59. The van der Waals surface area contributed by atoms with Gasteiger partial charge in [-0.05, 0) is 26.0 Å². The van der Waals surface area contributed by atoms with Crippen LogP contribution in [0.15, 0.2) is 18.2 Å². The van der Waals surface area contributed by atoms with Gasteiger partial charge in [0.05, 0.1) is 16.6 Å². The highest BCUT2D eigenvalue weighted by Crippen LogP contribution is 2.24. The molecule has 0 radical (unpaired) electrons. The molecule has 0 unspecified atom stereocenters. The molecular formula is C12H17N5O4S. The number of anilines is 1. The van der Waals surface area contributed by atoms with Crippen molar-refractivity contribution < 1.29 is 13.3 Å². The number of rotatable bonds is 8. The number of nitrogens with one attached hydrogen (secondary N) is 3. The lowest BCUT2D eigenvalue weighted by Crippen LogP contribution is -2.41. The summed E-state index contributed by atoms with van der Waals surface area (Å²) in [6.45, 7) is 3.60. The molecule has 1 aromatic carbocycles. The summed E-state index contributed by atoms with van der Waals surface area (Å²) in [6.07, 6.45) is 0. The first-order valence-corrected chi connectivity index (χ1v) is 7.93. The third kappa shape index (κ3) is 5.65. The number of nitriles is 1. The largest absolute Gasteiger partial charge is 0.378 e. The molecule has 0 saturated carbocycles. The van der Waals surface area contributed by atoms with E-state index in [9.17, 15) is 18.5 Å². The quantitative estimate of drug-likeness (QED) is 0.365. The van der Waals surface area contributed by atoms with Crippen molar-refractivity contribution in [3.05, 3.63) is 33.9 Å². The Labute approximate surface area is 128 Å². The van der Waals surface area contributed by atoms with E-state index in [0.717, 1.165) is 6.07 Å². The van der Waals surface area contributed by atoms with E-state index >= 15 is 0 Å². The summed E-state index contributed by atoms with van der Waals surface area (Å²) in [5, 5.41) is 22.4. The number of nitrogens with zero attached hydrogens (tertiary/aromatic N) is 2. The van der Waals surface area contributed by atoms with Gasteiger partial charge in [-0.25, -0.2) is 4.72 Å². The minimum Gasteiger partial charge on any atom is -0.378 e. The SMILES string of the molecule is CC(C)NS(=O)(=O)NCCNc1ccc(C#N)cc1[N+](=O)[O-]. The molecule has 0 fully saturated rings. The summed E-state index contributed by atoms with van der Waals surface area (Å²) in [6, 6.07) is 5.61. The number of nitro benzene ring substituents is 1. The standard InChI is InChI=1S/C12H17N5O4S/c1-9(2)16-22(20,21)15-6-5-14-11-4-3-10(8-13)7-12(11)17(18)19/h3-4,7,9,14-16H,5-6H2,1-2H3. The van der Waals surface area contributed by atoms with Crippen LogP contribution in [0, 0.1) is 21.4 Å². The fourth-order valence-electron chi connectivity index (χ4n) is 1.64. The van der Waals surface area contributed by atoms with Gasteiger partial charge in [0.25, 0.3) is 15.9 Å². The molecule has 0 aliphatic heterocycles. The molecule has 0 bridgehead atoms. The van der Waals surface area contributed by atoms with Crippen LogP contribution in [0.5, 0.6) is 0 Å². The Bertz CT molecular complexity index is 681. The van der Waals surface area contributed by atoms with Gasteiger partial charge < -0.3 is 5.32 Å². The van der Waals surface area contributed by atoms with E-state index in [1.54, 1.807) is 13.8 Å². The second kappa shape index (κ2) is 7.69. The highest BCUT2D eigenvalue weighted by atomic mass is 32.2. The lowest BCUT2D eigenvalue weighted by Gasteiger charge is -2.11. The summed E-state index contributed by atoms with van der Waals surface area (Å²) in [5.41, 5.74) is 0.168. The Morgan fingerprint density at radius 2 is 2.05 bits per heavy atom. The average Bonchev–Trinajstić information content (AvgIpc) is 2.42. The van der Waals surface area contributed by atoms with Crippen LogP contribution < -0.4 is 14.8 Å². The predicted octanol–water partition coefficient (Wildman–Crippen LogP) is 0.711. The number of hydrogen-bond donors (Lipinski definition) is 3. The minimum absolute atomic E-state index is 0.0548. The van der Waals surface area contributed by atoms with Gasteiger partial charge in [0.2, 0.25) is 0 Å². The lowest BCUT2D eigenvalue weighted by molar-refractivity contribution is -0.384. The van der Waals surface area contributed by atoms with Gasteiger partial charge in [-0.3, -0.25) is 10.1 Å². The van der Waals surface area contributed by atoms with E-state index in [4.69, 9.17) is 5.26 Å². The first kappa shape index (κ1) is 17.8. The molecule has 1 aromatic rings. The van der Waals surface area contributed by atoms with E-state index < -0.39 is 15.1 Å². The van der Waals surface area contributed by atoms with Gasteiger partial charge in [-0.2, -0.15) is 18.4 Å². The van der Waals surface area contributed by atoms with E-state index in [2.05, 4.69) is 14.8 Å². The highest BCUT2D eigenvalue weighted by molar-refractivity contribution is 7.87. The van der Waals surface area contributed by atoms with Crippen molar-refractivity contribution >= 4 is 21.6 Å².